The summed E-state index contributed by atoms with van der Waals surface area (Å²) in [6, 6.07) is 13.3. The van der Waals surface area contributed by atoms with Crippen LogP contribution < -0.4 is 5.56 Å². The highest BCUT2D eigenvalue weighted by Gasteiger charge is 2.38. The van der Waals surface area contributed by atoms with Crippen molar-refractivity contribution in [3.8, 4) is 11.1 Å². The average Bonchev–Trinajstić information content (AvgIpc) is 3.01. The molecule has 4 rings (SSSR count). The van der Waals surface area contributed by atoms with E-state index in [9.17, 15) is 18.0 Å². The SMILES string of the molecule is O=c1cc(CCl)nc2c(-c3cccc4ccccc34)c(C(F)(F)F)[nH]n12. The fraction of sp³-hybridized carbons (Fsp3) is 0.111. The van der Waals surface area contributed by atoms with Crippen molar-refractivity contribution in [1.82, 2.24) is 14.6 Å². The molecule has 4 aromatic rings. The van der Waals surface area contributed by atoms with Crippen molar-refractivity contribution >= 4 is 28.0 Å². The van der Waals surface area contributed by atoms with Gasteiger partial charge in [0.1, 0.15) is 5.69 Å². The van der Waals surface area contributed by atoms with Gasteiger partial charge in [0.2, 0.25) is 0 Å². The minimum absolute atomic E-state index is 0.0761. The number of halogens is 4. The van der Waals surface area contributed by atoms with E-state index in [2.05, 4.69) is 10.1 Å². The summed E-state index contributed by atoms with van der Waals surface area (Å²) in [6.07, 6.45) is -4.69. The van der Waals surface area contributed by atoms with Crippen LogP contribution >= 0.6 is 11.6 Å². The smallest absolute Gasteiger partial charge is 0.284 e. The van der Waals surface area contributed by atoms with Gasteiger partial charge in [0.25, 0.3) is 5.56 Å². The molecule has 1 N–H and O–H groups in total. The van der Waals surface area contributed by atoms with Gasteiger partial charge in [0.15, 0.2) is 5.65 Å². The third kappa shape index (κ3) is 2.55. The van der Waals surface area contributed by atoms with Crippen LogP contribution in [0.15, 0.2) is 53.3 Å². The molecule has 0 aliphatic heterocycles. The molecule has 0 unspecified atom stereocenters. The first-order chi connectivity index (χ1) is 12.4. The van der Waals surface area contributed by atoms with E-state index >= 15 is 0 Å². The average molecular weight is 378 g/mol. The van der Waals surface area contributed by atoms with Crippen LogP contribution in [-0.4, -0.2) is 14.6 Å². The zero-order valence-corrected chi connectivity index (χ0v) is 13.9. The van der Waals surface area contributed by atoms with E-state index in [0.717, 1.165) is 16.0 Å². The molecule has 0 amide bonds. The van der Waals surface area contributed by atoms with E-state index in [1.165, 1.54) is 0 Å². The molecule has 0 radical (unpaired) electrons. The number of rotatable bonds is 2. The summed E-state index contributed by atoms with van der Waals surface area (Å²) in [5.41, 5.74) is -1.39. The fourth-order valence-electron chi connectivity index (χ4n) is 3.06. The molecule has 0 fully saturated rings. The zero-order valence-electron chi connectivity index (χ0n) is 13.1. The first-order valence-electron chi connectivity index (χ1n) is 7.66. The van der Waals surface area contributed by atoms with Crippen LogP contribution in [0, 0.1) is 0 Å². The molecule has 0 saturated carbocycles. The van der Waals surface area contributed by atoms with Crippen LogP contribution in [0.5, 0.6) is 0 Å². The highest BCUT2D eigenvalue weighted by molar-refractivity contribution is 6.16. The molecule has 0 bridgehead atoms. The Kier molecular flexibility index (Phi) is 3.77. The number of nitrogens with zero attached hydrogens (tertiary/aromatic N) is 2. The summed E-state index contributed by atoms with van der Waals surface area (Å²) < 4.78 is 41.9. The second kappa shape index (κ2) is 5.88. The summed E-state index contributed by atoms with van der Waals surface area (Å²) in [5.74, 6) is -0.0761. The van der Waals surface area contributed by atoms with Gasteiger partial charge in [-0.1, -0.05) is 42.5 Å². The largest absolute Gasteiger partial charge is 0.433 e. The van der Waals surface area contributed by atoms with Crippen LogP contribution in [-0.2, 0) is 12.1 Å². The molecular formula is C18H11ClF3N3O. The first kappa shape index (κ1) is 16.7. The second-order valence-electron chi connectivity index (χ2n) is 5.76. The van der Waals surface area contributed by atoms with Gasteiger partial charge in [0, 0.05) is 6.07 Å². The van der Waals surface area contributed by atoms with E-state index in [1.807, 2.05) is 12.1 Å². The Morgan fingerprint density at radius 1 is 1.12 bits per heavy atom. The van der Waals surface area contributed by atoms with Crippen molar-refractivity contribution in [2.75, 3.05) is 0 Å². The van der Waals surface area contributed by atoms with Crippen molar-refractivity contribution in [1.29, 1.82) is 0 Å². The van der Waals surface area contributed by atoms with Crippen LogP contribution in [0.25, 0.3) is 27.5 Å². The molecular weight excluding hydrogens is 367 g/mol. The lowest BCUT2D eigenvalue weighted by Crippen LogP contribution is -2.16. The van der Waals surface area contributed by atoms with E-state index in [0.29, 0.717) is 10.9 Å². The van der Waals surface area contributed by atoms with E-state index in [-0.39, 0.29) is 22.8 Å². The van der Waals surface area contributed by atoms with Crippen molar-refractivity contribution in [3.05, 3.63) is 70.3 Å². The Bertz CT molecular complexity index is 1190. The molecule has 132 valence electrons. The number of nitrogens with one attached hydrogen (secondary N) is 1. The lowest BCUT2D eigenvalue weighted by molar-refractivity contribution is -0.140. The standard InChI is InChI=1S/C18H11ClF3N3O/c19-9-11-8-14(26)25-17(23-11)15(16(24-25)18(20,21)22)13-7-3-5-10-4-1-2-6-12(10)13/h1-8,24H,9H2. The van der Waals surface area contributed by atoms with Crippen LogP contribution in [0.1, 0.15) is 11.4 Å². The number of fused-ring (bicyclic) bond motifs is 2. The Morgan fingerprint density at radius 3 is 2.58 bits per heavy atom. The normalized spacial score (nSPS) is 12.2. The highest BCUT2D eigenvalue weighted by atomic mass is 35.5. The maximum atomic E-state index is 13.7. The minimum Gasteiger partial charge on any atom is -0.284 e. The van der Waals surface area contributed by atoms with Crippen molar-refractivity contribution in [2.24, 2.45) is 0 Å². The lowest BCUT2D eigenvalue weighted by atomic mass is 9.98. The molecule has 0 spiro atoms. The lowest BCUT2D eigenvalue weighted by Gasteiger charge is -2.10. The quantitative estimate of drug-likeness (QED) is 0.519. The van der Waals surface area contributed by atoms with Gasteiger partial charge in [-0.15, -0.1) is 11.6 Å². The Labute approximate surface area is 149 Å². The van der Waals surface area contributed by atoms with Crippen molar-refractivity contribution in [3.63, 3.8) is 0 Å². The Hall–Kier alpha value is -2.80. The summed E-state index contributed by atoms with van der Waals surface area (Å²) in [4.78, 5) is 16.4. The molecule has 8 heteroatoms. The van der Waals surface area contributed by atoms with Gasteiger partial charge in [-0.25, -0.2) is 9.50 Å². The first-order valence-corrected chi connectivity index (χ1v) is 8.19. The topological polar surface area (TPSA) is 50.2 Å². The molecule has 2 aromatic heterocycles. The number of hydrogen-bond acceptors (Lipinski definition) is 2. The summed E-state index contributed by atoms with van der Waals surface area (Å²) in [6.45, 7) is 0. The molecule has 0 aliphatic rings. The number of aromatic nitrogens is 3. The van der Waals surface area contributed by atoms with E-state index < -0.39 is 17.4 Å². The number of benzene rings is 2. The van der Waals surface area contributed by atoms with Gasteiger partial charge < -0.3 is 0 Å². The molecule has 26 heavy (non-hydrogen) atoms. The Balaban J connectivity index is 2.20. The maximum Gasteiger partial charge on any atom is 0.433 e. The number of alkyl halides is 4. The van der Waals surface area contributed by atoms with E-state index in [1.54, 1.807) is 30.3 Å². The molecule has 2 heterocycles. The minimum atomic E-state index is -4.69. The number of aromatic amines is 1. The predicted molar refractivity (Wildman–Crippen MR) is 93.3 cm³/mol. The molecule has 0 saturated heterocycles. The molecule has 2 aromatic carbocycles. The zero-order chi connectivity index (χ0) is 18.5. The van der Waals surface area contributed by atoms with Crippen molar-refractivity contribution < 1.29 is 13.2 Å². The molecule has 4 nitrogen and oxygen atoms in total. The Morgan fingerprint density at radius 2 is 1.85 bits per heavy atom. The van der Waals surface area contributed by atoms with Gasteiger partial charge in [-0.3, -0.25) is 9.89 Å². The number of H-pyrrole nitrogens is 1. The third-order valence-electron chi connectivity index (χ3n) is 4.15. The van der Waals surface area contributed by atoms with Crippen LogP contribution in [0.3, 0.4) is 0 Å². The number of hydrogen-bond donors (Lipinski definition) is 1. The molecule has 0 aliphatic carbocycles. The van der Waals surface area contributed by atoms with Gasteiger partial charge in [0.05, 0.1) is 17.1 Å². The van der Waals surface area contributed by atoms with Crippen molar-refractivity contribution in [2.45, 2.75) is 12.1 Å². The van der Waals surface area contributed by atoms with Crippen LogP contribution in [0.4, 0.5) is 13.2 Å². The van der Waals surface area contributed by atoms with Gasteiger partial charge in [-0.2, -0.15) is 13.2 Å². The predicted octanol–water partition coefficient (Wildman–Crippen LogP) is 4.60. The van der Waals surface area contributed by atoms with Gasteiger partial charge >= 0.3 is 6.18 Å². The highest BCUT2D eigenvalue weighted by Crippen LogP contribution is 2.40. The third-order valence-corrected chi connectivity index (χ3v) is 4.42. The summed E-state index contributed by atoms with van der Waals surface area (Å²) >= 11 is 5.75. The fourth-order valence-corrected chi connectivity index (χ4v) is 3.19. The molecule has 0 atom stereocenters. The summed E-state index contributed by atoms with van der Waals surface area (Å²) in [7, 11) is 0. The van der Waals surface area contributed by atoms with E-state index in [4.69, 9.17) is 11.6 Å². The summed E-state index contributed by atoms with van der Waals surface area (Å²) in [5, 5.41) is 3.58. The van der Waals surface area contributed by atoms with Crippen LogP contribution in [0.2, 0.25) is 0 Å². The maximum absolute atomic E-state index is 13.7. The van der Waals surface area contributed by atoms with Gasteiger partial charge in [-0.05, 0) is 16.3 Å². The second-order valence-corrected chi connectivity index (χ2v) is 6.03. The monoisotopic (exact) mass is 377 g/mol.